The van der Waals surface area contributed by atoms with Gasteiger partial charge in [-0.15, -0.1) is 0 Å². The molecule has 7 heteroatoms. The molecule has 148 valence electrons. The van der Waals surface area contributed by atoms with E-state index in [1.54, 1.807) is 16.5 Å². The van der Waals surface area contributed by atoms with Crippen LogP contribution in [0.1, 0.15) is 10.5 Å². The van der Waals surface area contributed by atoms with E-state index in [1.165, 1.54) is 6.07 Å². The van der Waals surface area contributed by atoms with Crippen molar-refractivity contribution >= 4 is 33.2 Å². The van der Waals surface area contributed by atoms with E-state index in [1.807, 2.05) is 24.3 Å². The largest absolute Gasteiger partial charge is 0.349 e. The maximum absolute atomic E-state index is 12.8. The summed E-state index contributed by atoms with van der Waals surface area (Å²) in [5, 5.41) is 4.84. The first-order valence-corrected chi connectivity index (χ1v) is 9.97. The summed E-state index contributed by atoms with van der Waals surface area (Å²) in [5.41, 5.74) is 2.56. The van der Waals surface area contributed by atoms with E-state index in [2.05, 4.69) is 27.1 Å². The molecule has 1 saturated heterocycles. The molecule has 7 nitrogen and oxygen atoms in total. The number of hydrogen-bond donors (Lipinski definition) is 1. The zero-order valence-corrected chi connectivity index (χ0v) is 16.4. The molecular weight excluding hydrogens is 366 g/mol. The molecule has 4 heterocycles. The lowest BCUT2D eigenvalue weighted by atomic mass is 10.1. The summed E-state index contributed by atoms with van der Waals surface area (Å²) in [7, 11) is 2.13. The molecule has 1 fully saturated rings. The molecule has 0 aliphatic carbocycles. The molecule has 1 N–H and O–H groups in total. The van der Waals surface area contributed by atoms with Gasteiger partial charge in [0.15, 0.2) is 0 Å². The van der Waals surface area contributed by atoms with Crippen LogP contribution in [-0.2, 0) is 0 Å². The maximum Gasteiger partial charge on any atom is 0.269 e. The highest BCUT2D eigenvalue weighted by molar-refractivity contribution is 6.14. The Balaban J connectivity index is 1.44. The quantitative estimate of drug-likeness (QED) is 0.572. The van der Waals surface area contributed by atoms with Crippen molar-refractivity contribution in [3.63, 3.8) is 0 Å². The molecule has 0 saturated carbocycles. The number of hydrogen-bond acceptors (Lipinski definition) is 5. The molecule has 0 atom stereocenters. The number of likely N-dealkylation sites (N-methyl/N-ethyl adjacent to an activating group) is 1. The molecule has 0 bridgehead atoms. The van der Waals surface area contributed by atoms with E-state index in [0.29, 0.717) is 17.8 Å². The minimum absolute atomic E-state index is 0.0881. The number of amides is 1. The number of carbonyl (C=O) groups is 1. The van der Waals surface area contributed by atoms with Crippen LogP contribution in [0.5, 0.6) is 0 Å². The van der Waals surface area contributed by atoms with Gasteiger partial charge in [0.25, 0.3) is 11.5 Å². The summed E-state index contributed by atoms with van der Waals surface area (Å²) >= 11 is 0. The average Bonchev–Trinajstić information content (AvgIpc) is 3.08. The van der Waals surface area contributed by atoms with Gasteiger partial charge < -0.3 is 10.2 Å². The van der Waals surface area contributed by atoms with E-state index < -0.39 is 0 Å². The summed E-state index contributed by atoms with van der Waals surface area (Å²) in [6.45, 7) is 5.60. The predicted molar refractivity (Wildman–Crippen MR) is 114 cm³/mol. The lowest BCUT2D eigenvalue weighted by molar-refractivity contribution is 0.0936. The number of pyridine rings is 2. The van der Waals surface area contributed by atoms with Crippen LogP contribution in [0.15, 0.2) is 47.3 Å². The number of carbonyl (C=O) groups excluding carboxylic acids is 1. The van der Waals surface area contributed by atoms with Crippen LogP contribution in [0.3, 0.4) is 0 Å². The van der Waals surface area contributed by atoms with Crippen molar-refractivity contribution in [1.29, 1.82) is 0 Å². The van der Waals surface area contributed by atoms with Crippen molar-refractivity contribution in [2.45, 2.75) is 0 Å². The number of aromatic nitrogens is 2. The molecule has 0 spiro atoms. The Bertz CT molecular complexity index is 1260. The zero-order chi connectivity index (χ0) is 20.0. The van der Waals surface area contributed by atoms with Crippen molar-refractivity contribution in [3.8, 4) is 0 Å². The van der Waals surface area contributed by atoms with Gasteiger partial charge in [-0.05, 0) is 25.2 Å². The number of benzene rings is 1. The van der Waals surface area contributed by atoms with Crippen LogP contribution in [0, 0.1) is 0 Å². The predicted octanol–water partition coefficient (Wildman–Crippen LogP) is 1.42. The van der Waals surface area contributed by atoms with E-state index in [9.17, 15) is 9.59 Å². The van der Waals surface area contributed by atoms with E-state index in [0.717, 1.165) is 54.5 Å². The standard InChI is InChI=1S/C22H23N5O2/c1-25-10-12-26(13-11-25)9-8-23-22(29)18-14-16-15-4-2-3-5-19(15)27-20(28)7-6-17(24-18)21(16)27/h2-7,14H,8-13H2,1H3,(H,23,29). The SMILES string of the molecule is CN1CCN(CCNC(=O)c2cc3c4ccccc4n4c(=O)ccc(n2)c34)CC1. The monoisotopic (exact) mass is 389 g/mol. The molecule has 1 aliphatic heterocycles. The molecule has 1 aliphatic rings. The summed E-state index contributed by atoms with van der Waals surface area (Å²) in [6, 6.07) is 12.8. The van der Waals surface area contributed by atoms with Crippen LogP contribution in [0.25, 0.3) is 27.3 Å². The molecule has 4 aromatic rings. The number of nitrogens with one attached hydrogen (secondary N) is 1. The second kappa shape index (κ2) is 7.09. The fourth-order valence-corrected chi connectivity index (χ4v) is 4.19. The van der Waals surface area contributed by atoms with Gasteiger partial charge in [-0.1, -0.05) is 18.2 Å². The zero-order valence-electron chi connectivity index (χ0n) is 16.4. The fraction of sp³-hybridized carbons (Fsp3) is 0.318. The minimum Gasteiger partial charge on any atom is -0.349 e. The lowest BCUT2D eigenvalue weighted by Gasteiger charge is -2.32. The Labute approximate surface area is 167 Å². The van der Waals surface area contributed by atoms with Crippen LogP contribution in [0.2, 0.25) is 0 Å². The smallest absolute Gasteiger partial charge is 0.269 e. The maximum atomic E-state index is 12.8. The van der Waals surface area contributed by atoms with Crippen molar-refractivity contribution in [3.05, 3.63) is 58.5 Å². The fourth-order valence-electron chi connectivity index (χ4n) is 4.19. The molecule has 0 radical (unpaired) electrons. The Morgan fingerprint density at radius 1 is 1.07 bits per heavy atom. The van der Waals surface area contributed by atoms with E-state index in [-0.39, 0.29) is 11.5 Å². The average molecular weight is 389 g/mol. The van der Waals surface area contributed by atoms with E-state index >= 15 is 0 Å². The first kappa shape index (κ1) is 18.0. The van der Waals surface area contributed by atoms with Gasteiger partial charge in [0.05, 0.1) is 16.6 Å². The summed E-state index contributed by atoms with van der Waals surface area (Å²) in [5.74, 6) is -0.181. The molecule has 5 rings (SSSR count). The number of para-hydroxylation sites is 1. The van der Waals surface area contributed by atoms with Gasteiger partial charge in [-0.2, -0.15) is 0 Å². The van der Waals surface area contributed by atoms with Crippen molar-refractivity contribution in [1.82, 2.24) is 24.5 Å². The highest BCUT2D eigenvalue weighted by atomic mass is 16.2. The highest BCUT2D eigenvalue weighted by Crippen LogP contribution is 2.30. The van der Waals surface area contributed by atoms with Crippen molar-refractivity contribution < 1.29 is 4.79 Å². The summed E-state index contributed by atoms with van der Waals surface area (Å²) in [4.78, 5) is 34.4. The number of rotatable bonds is 4. The Kier molecular flexibility index (Phi) is 4.41. The Hall–Kier alpha value is -3.03. The summed E-state index contributed by atoms with van der Waals surface area (Å²) < 4.78 is 1.68. The lowest BCUT2D eigenvalue weighted by Crippen LogP contribution is -2.46. The van der Waals surface area contributed by atoms with Crippen LogP contribution in [0.4, 0.5) is 0 Å². The molecule has 3 aromatic heterocycles. The highest BCUT2D eigenvalue weighted by Gasteiger charge is 2.18. The topological polar surface area (TPSA) is 69.9 Å². The molecule has 29 heavy (non-hydrogen) atoms. The minimum atomic E-state index is -0.181. The normalized spacial score (nSPS) is 16.2. The number of fused-ring (bicyclic) bond motifs is 3. The van der Waals surface area contributed by atoms with Crippen LogP contribution in [-0.4, -0.2) is 71.4 Å². The molecule has 1 aromatic carbocycles. The van der Waals surface area contributed by atoms with E-state index in [4.69, 9.17) is 0 Å². The Morgan fingerprint density at radius 2 is 1.86 bits per heavy atom. The van der Waals surface area contributed by atoms with Gasteiger partial charge >= 0.3 is 0 Å². The van der Waals surface area contributed by atoms with Crippen molar-refractivity contribution in [2.24, 2.45) is 0 Å². The van der Waals surface area contributed by atoms with Gasteiger partial charge in [0.1, 0.15) is 5.69 Å². The first-order valence-electron chi connectivity index (χ1n) is 9.97. The van der Waals surface area contributed by atoms with Gasteiger partial charge in [0.2, 0.25) is 0 Å². The second-order valence-electron chi connectivity index (χ2n) is 7.71. The third kappa shape index (κ3) is 3.12. The van der Waals surface area contributed by atoms with Gasteiger partial charge in [-0.3, -0.25) is 18.9 Å². The van der Waals surface area contributed by atoms with Crippen LogP contribution >= 0.6 is 0 Å². The number of nitrogens with zero attached hydrogens (tertiary/aromatic N) is 4. The van der Waals surface area contributed by atoms with Gasteiger partial charge in [0, 0.05) is 56.1 Å². The molecule has 0 unspecified atom stereocenters. The first-order chi connectivity index (χ1) is 14.1. The molecular formula is C22H23N5O2. The summed E-state index contributed by atoms with van der Waals surface area (Å²) in [6.07, 6.45) is 0. The van der Waals surface area contributed by atoms with Gasteiger partial charge in [-0.25, -0.2) is 4.98 Å². The van der Waals surface area contributed by atoms with Crippen molar-refractivity contribution in [2.75, 3.05) is 46.3 Å². The molecule has 1 amide bonds. The number of piperazine rings is 1. The third-order valence-electron chi connectivity index (χ3n) is 5.82. The Morgan fingerprint density at radius 3 is 2.69 bits per heavy atom. The third-order valence-corrected chi connectivity index (χ3v) is 5.82. The second-order valence-corrected chi connectivity index (χ2v) is 7.71. The van der Waals surface area contributed by atoms with Crippen LogP contribution < -0.4 is 10.9 Å².